The second-order valence-corrected chi connectivity index (χ2v) is 5.47. The van der Waals surface area contributed by atoms with Crippen LogP contribution < -0.4 is 0 Å². The summed E-state index contributed by atoms with van der Waals surface area (Å²) < 4.78 is 117. The molecule has 2 rings (SSSR count). The number of hydrogen-bond donors (Lipinski definition) is 0. The Bertz CT molecular complexity index is 887. The van der Waals surface area contributed by atoms with Gasteiger partial charge in [-0.3, -0.25) is 4.68 Å². The average Bonchev–Trinajstić information content (AvgIpc) is 2.79. The fraction of sp³-hybridized carbons (Fsp3) is 0.312. The Morgan fingerprint density at radius 3 is 1.67 bits per heavy atom. The molecule has 1 aromatic heterocycles. The molecule has 2 nitrogen and oxygen atoms in total. The number of alkyl halides is 9. The van der Waals surface area contributed by atoms with Crippen molar-refractivity contribution in [2.24, 2.45) is 7.05 Å². The summed E-state index contributed by atoms with van der Waals surface area (Å²) in [6.07, 6.45) is -15.1. The molecule has 27 heavy (non-hydrogen) atoms. The molecule has 0 saturated heterocycles. The molecule has 0 amide bonds. The molecule has 0 aliphatic heterocycles. The van der Waals surface area contributed by atoms with Gasteiger partial charge < -0.3 is 0 Å². The minimum atomic E-state index is -5.08. The second-order valence-electron chi connectivity index (χ2n) is 5.47. The molecule has 0 unspecified atom stereocenters. The third-order valence-corrected chi connectivity index (χ3v) is 3.52. The molecule has 2 aromatic rings. The van der Waals surface area contributed by atoms with E-state index in [1.165, 1.54) is 14.0 Å². The highest BCUT2D eigenvalue weighted by molar-refractivity contribution is 5.50. The second kappa shape index (κ2) is 6.51. The lowest BCUT2D eigenvalue weighted by atomic mass is 10.0. The van der Waals surface area contributed by atoms with Gasteiger partial charge in [0.25, 0.3) is 0 Å². The van der Waals surface area contributed by atoms with Crippen LogP contribution in [0.4, 0.5) is 39.5 Å². The third-order valence-electron chi connectivity index (χ3n) is 3.52. The van der Waals surface area contributed by atoms with Crippen molar-refractivity contribution in [3.05, 3.63) is 51.8 Å². The molecule has 0 fully saturated rings. The van der Waals surface area contributed by atoms with Gasteiger partial charge in [-0.05, 0) is 25.1 Å². The van der Waals surface area contributed by atoms with Gasteiger partial charge in [-0.1, -0.05) is 11.8 Å². The predicted molar refractivity (Wildman–Crippen MR) is 75.4 cm³/mol. The Morgan fingerprint density at radius 2 is 1.26 bits per heavy atom. The van der Waals surface area contributed by atoms with Crippen LogP contribution in [-0.4, -0.2) is 9.78 Å². The first-order valence-corrected chi connectivity index (χ1v) is 7.03. The fourth-order valence-electron chi connectivity index (χ4n) is 2.12. The number of rotatable bonds is 0. The normalized spacial score (nSPS) is 12.7. The molecule has 1 heterocycles. The predicted octanol–water partition coefficient (Wildman–Crippen LogP) is 5.18. The number of nitrogens with zero attached hydrogens (tertiary/aromatic N) is 2. The van der Waals surface area contributed by atoms with Crippen molar-refractivity contribution in [1.29, 1.82) is 0 Å². The van der Waals surface area contributed by atoms with Crippen molar-refractivity contribution in [3.8, 4) is 11.8 Å². The molecule has 0 aliphatic rings. The zero-order valence-electron chi connectivity index (χ0n) is 13.5. The largest absolute Gasteiger partial charge is 0.436 e. The van der Waals surface area contributed by atoms with Gasteiger partial charge in [0.05, 0.1) is 22.4 Å². The van der Waals surface area contributed by atoms with E-state index in [9.17, 15) is 39.5 Å². The molecule has 0 atom stereocenters. The van der Waals surface area contributed by atoms with Crippen LogP contribution in [0.3, 0.4) is 0 Å². The van der Waals surface area contributed by atoms with Gasteiger partial charge in [0, 0.05) is 12.6 Å². The summed E-state index contributed by atoms with van der Waals surface area (Å²) in [5, 5.41) is 3.24. The van der Waals surface area contributed by atoms with Crippen molar-refractivity contribution >= 4 is 0 Å². The maximum absolute atomic E-state index is 13.0. The van der Waals surface area contributed by atoms with Crippen LogP contribution in [0.2, 0.25) is 0 Å². The summed E-state index contributed by atoms with van der Waals surface area (Å²) in [6, 6.07) is 0.573. The lowest BCUT2D eigenvalue weighted by Gasteiger charge is -2.12. The highest BCUT2D eigenvalue weighted by Gasteiger charge is 2.38. The average molecular weight is 400 g/mol. The summed E-state index contributed by atoms with van der Waals surface area (Å²) >= 11 is 0. The Kier molecular flexibility index (Phi) is 4.98. The van der Waals surface area contributed by atoms with Crippen molar-refractivity contribution in [2.45, 2.75) is 25.5 Å². The standard InChI is InChI=1S/C16H9F9N2/c1-8-12(13(16(23,24)25)26-27(8)2)4-3-9-5-10(14(17,18)19)7-11(6-9)15(20,21)22/h5-7H,1-2H3. The van der Waals surface area contributed by atoms with Gasteiger partial charge in [-0.2, -0.15) is 44.6 Å². The van der Waals surface area contributed by atoms with E-state index in [1.54, 1.807) is 0 Å². The molecule has 0 N–H and O–H groups in total. The lowest BCUT2D eigenvalue weighted by molar-refractivity contribution is -0.143. The Morgan fingerprint density at radius 1 is 0.778 bits per heavy atom. The SMILES string of the molecule is Cc1c(C#Cc2cc(C(F)(F)F)cc(C(F)(F)F)c2)c(C(F)(F)F)nn1C. The van der Waals surface area contributed by atoms with Gasteiger partial charge in [0.1, 0.15) is 0 Å². The summed E-state index contributed by atoms with van der Waals surface area (Å²) in [7, 11) is 1.20. The molecule has 0 radical (unpaired) electrons. The van der Waals surface area contributed by atoms with Crippen LogP contribution in [0.5, 0.6) is 0 Å². The van der Waals surface area contributed by atoms with E-state index in [4.69, 9.17) is 0 Å². The van der Waals surface area contributed by atoms with Crippen LogP contribution in [0.15, 0.2) is 18.2 Å². The molecular weight excluding hydrogens is 391 g/mol. The van der Waals surface area contributed by atoms with Crippen molar-refractivity contribution < 1.29 is 39.5 Å². The Hall–Kier alpha value is -2.64. The van der Waals surface area contributed by atoms with Crippen molar-refractivity contribution in [2.75, 3.05) is 0 Å². The summed E-state index contributed by atoms with van der Waals surface area (Å²) in [4.78, 5) is 0. The van der Waals surface area contributed by atoms with E-state index in [1.807, 2.05) is 11.8 Å². The van der Waals surface area contributed by atoms with Gasteiger partial charge >= 0.3 is 18.5 Å². The summed E-state index contributed by atoms with van der Waals surface area (Å²) in [6.45, 7) is 1.24. The molecule has 0 saturated carbocycles. The molecule has 11 heteroatoms. The quantitative estimate of drug-likeness (QED) is 0.440. The first kappa shape index (κ1) is 20.7. The number of hydrogen-bond acceptors (Lipinski definition) is 1. The molecular formula is C16H9F9N2. The Balaban J connectivity index is 2.64. The van der Waals surface area contributed by atoms with Crippen LogP contribution in [0, 0.1) is 18.8 Å². The first-order chi connectivity index (χ1) is 12.1. The molecule has 1 aromatic carbocycles. The van der Waals surface area contributed by atoms with E-state index in [0.717, 1.165) is 4.68 Å². The van der Waals surface area contributed by atoms with E-state index in [0.29, 0.717) is 12.1 Å². The highest BCUT2D eigenvalue weighted by atomic mass is 19.4. The summed E-state index contributed by atoms with van der Waals surface area (Å²) in [5.74, 6) is 3.94. The van der Waals surface area contributed by atoms with Gasteiger partial charge in [0.2, 0.25) is 0 Å². The monoisotopic (exact) mass is 400 g/mol. The highest BCUT2D eigenvalue weighted by Crippen LogP contribution is 2.36. The van der Waals surface area contributed by atoms with Crippen molar-refractivity contribution in [1.82, 2.24) is 9.78 Å². The van der Waals surface area contributed by atoms with E-state index < -0.39 is 46.5 Å². The smallest absolute Gasteiger partial charge is 0.271 e. The van der Waals surface area contributed by atoms with Crippen LogP contribution >= 0.6 is 0 Å². The zero-order chi connectivity index (χ0) is 20.8. The van der Waals surface area contributed by atoms with Crippen LogP contribution in [0.25, 0.3) is 0 Å². The van der Waals surface area contributed by atoms with Crippen LogP contribution in [-0.2, 0) is 25.6 Å². The first-order valence-electron chi connectivity index (χ1n) is 7.03. The number of aromatic nitrogens is 2. The third kappa shape index (κ3) is 4.56. The topological polar surface area (TPSA) is 17.8 Å². The van der Waals surface area contributed by atoms with Gasteiger partial charge in [-0.25, -0.2) is 0 Å². The zero-order valence-corrected chi connectivity index (χ0v) is 13.5. The number of halogens is 9. The van der Waals surface area contributed by atoms with E-state index >= 15 is 0 Å². The van der Waals surface area contributed by atoms with Gasteiger partial charge in [-0.15, -0.1) is 0 Å². The van der Waals surface area contributed by atoms with E-state index in [2.05, 4.69) is 5.10 Å². The lowest BCUT2D eigenvalue weighted by Crippen LogP contribution is -2.11. The maximum Gasteiger partial charge on any atom is 0.436 e. The van der Waals surface area contributed by atoms with E-state index in [-0.39, 0.29) is 11.8 Å². The van der Waals surface area contributed by atoms with Crippen LogP contribution in [0.1, 0.15) is 33.6 Å². The molecule has 0 bridgehead atoms. The fourth-order valence-corrected chi connectivity index (χ4v) is 2.12. The van der Waals surface area contributed by atoms with Gasteiger partial charge in [0.15, 0.2) is 5.69 Å². The minimum Gasteiger partial charge on any atom is -0.271 e. The molecule has 146 valence electrons. The Labute approximate surface area is 146 Å². The number of benzene rings is 1. The maximum atomic E-state index is 13.0. The molecule has 0 spiro atoms. The summed E-state index contributed by atoms with van der Waals surface area (Å²) in [5.41, 5.74) is -6.00. The molecule has 0 aliphatic carbocycles. The minimum absolute atomic E-state index is 0.0437. The van der Waals surface area contributed by atoms with Crippen molar-refractivity contribution in [3.63, 3.8) is 0 Å². The number of aryl methyl sites for hydroxylation is 1.